The van der Waals surface area contributed by atoms with E-state index in [4.69, 9.17) is 4.74 Å². The van der Waals surface area contributed by atoms with Crippen LogP contribution in [-0.2, 0) is 4.74 Å². The lowest BCUT2D eigenvalue weighted by Gasteiger charge is -2.41. The Kier molecular flexibility index (Phi) is 7.08. The highest BCUT2D eigenvalue weighted by molar-refractivity contribution is 5.80. The van der Waals surface area contributed by atoms with Gasteiger partial charge in [-0.05, 0) is 74.3 Å². The van der Waals surface area contributed by atoms with E-state index in [1.54, 1.807) is 5.57 Å². The fraction of sp³-hybridized carbons (Fsp3) is 0.714. The van der Waals surface area contributed by atoms with Gasteiger partial charge < -0.3 is 14.5 Å². The molecule has 2 heterocycles. The van der Waals surface area contributed by atoms with E-state index in [0.717, 1.165) is 39.4 Å². The number of piperazine rings is 1. The number of allylic oxidation sites excluding steroid dienone is 2. The van der Waals surface area contributed by atoms with Crippen molar-refractivity contribution in [3.8, 4) is 0 Å². The lowest BCUT2D eigenvalue weighted by Crippen LogP contribution is -2.46. The molecular weight excluding hydrogens is 394 g/mol. The Bertz CT molecular complexity index is 784. The van der Waals surface area contributed by atoms with Gasteiger partial charge in [0.05, 0.1) is 13.2 Å². The molecule has 4 heteroatoms. The van der Waals surface area contributed by atoms with Crippen molar-refractivity contribution >= 4 is 16.9 Å². The minimum absolute atomic E-state index is 0.621. The quantitative estimate of drug-likeness (QED) is 0.599. The summed E-state index contributed by atoms with van der Waals surface area (Å²) >= 11 is 0. The molecule has 0 unspecified atom stereocenters. The number of anilines is 2. The second-order valence-corrected chi connectivity index (χ2v) is 10.6. The molecule has 2 saturated heterocycles. The molecule has 4 nitrogen and oxygen atoms in total. The van der Waals surface area contributed by atoms with Gasteiger partial charge in [0, 0.05) is 56.2 Å². The number of hydrogen-bond acceptors (Lipinski definition) is 4. The third kappa shape index (κ3) is 4.87. The van der Waals surface area contributed by atoms with E-state index in [1.807, 2.05) is 0 Å². The Labute approximate surface area is 195 Å². The van der Waals surface area contributed by atoms with Gasteiger partial charge in [-0.25, -0.2) is 0 Å². The molecule has 0 aromatic heterocycles. The maximum absolute atomic E-state index is 5.61. The third-order valence-electron chi connectivity index (χ3n) is 8.58. The number of morpholine rings is 1. The average Bonchev–Trinajstić information content (AvgIpc) is 2.86. The molecule has 2 aliphatic heterocycles. The normalized spacial score (nSPS) is 24.6. The van der Waals surface area contributed by atoms with Crippen LogP contribution in [0.15, 0.2) is 24.3 Å². The molecule has 32 heavy (non-hydrogen) atoms. The van der Waals surface area contributed by atoms with Crippen LogP contribution in [0.25, 0.3) is 5.57 Å². The van der Waals surface area contributed by atoms with E-state index in [2.05, 4.69) is 45.9 Å². The first-order chi connectivity index (χ1) is 15.8. The van der Waals surface area contributed by atoms with Crippen molar-refractivity contribution in [2.45, 2.75) is 64.7 Å². The molecule has 2 aliphatic carbocycles. The zero-order valence-corrected chi connectivity index (χ0v) is 20.3. The topological polar surface area (TPSA) is 19.0 Å². The van der Waals surface area contributed by atoms with Gasteiger partial charge in [-0.15, -0.1) is 0 Å². The molecule has 1 spiro atoms. The third-order valence-corrected chi connectivity index (χ3v) is 8.58. The standard InChI is InChI=1S/C28H43N3O/c1-2-14-29-15-17-31(18-16-29)27-7-6-25(30-19-21-32-22-20-30)23-26(27)24-8-12-28(13-9-24)10-4-3-5-11-28/h6-8,23H,2-5,9-22H2,1H3. The molecule has 0 radical (unpaired) electrons. The Morgan fingerprint density at radius 2 is 1.66 bits per heavy atom. The average molecular weight is 438 g/mol. The number of nitrogens with zero attached hydrogens (tertiary/aromatic N) is 3. The van der Waals surface area contributed by atoms with Crippen LogP contribution >= 0.6 is 0 Å². The van der Waals surface area contributed by atoms with Gasteiger partial charge in [0.2, 0.25) is 0 Å². The molecule has 4 aliphatic rings. The van der Waals surface area contributed by atoms with Crippen LogP contribution in [0, 0.1) is 5.41 Å². The minimum atomic E-state index is 0.621. The van der Waals surface area contributed by atoms with Gasteiger partial charge in [-0.1, -0.05) is 32.3 Å². The number of rotatable bonds is 5. The lowest BCUT2D eigenvalue weighted by atomic mass is 9.65. The molecule has 5 rings (SSSR count). The number of ether oxygens (including phenoxy) is 1. The molecule has 1 aromatic carbocycles. The zero-order valence-electron chi connectivity index (χ0n) is 20.3. The molecule has 0 N–H and O–H groups in total. The van der Waals surface area contributed by atoms with Crippen LogP contribution < -0.4 is 9.80 Å². The highest BCUT2D eigenvalue weighted by atomic mass is 16.5. The predicted molar refractivity (Wildman–Crippen MR) is 136 cm³/mol. The van der Waals surface area contributed by atoms with Gasteiger partial charge in [-0.3, -0.25) is 4.90 Å². The Morgan fingerprint density at radius 3 is 2.34 bits per heavy atom. The summed E-state index contributed by atoms with van der Waals surface area (Å²) in [5.74, 6) is 0. The summed E-state index contributed by atoms with van der Waals surface area (Å²) in [6.07, 6.45) is 15.1. The second-order valence-electron chi connectivity index (χ2n) is 10.6. The largest absolute Gasteiger partial charge is 0.378 e. The summed E-state index contributed by atoms with van der Waals surface area (Å²) < 4.78 is 5.61. The van der Waals surface area contributed by atoms with Crippen molar-refractivity contribution in [2.75, 3.05) is 68.8 Å². The summed E-state index contributed by atoms with van der Waals surface area (Å²) in [5.41, 5.74) is 6.61. The van der Waals surface area contributed by atoms with Crippen LogP contribution in [0.1, 0.15) is 70.3 Å². The van der Waals surface area contributed by atoms with Crippen molar-refractivity contribution in [3.63, 3.8) is 0 Å². The highest BCUT2D eigenvalue weighted by Crippen LogP contribution is 2.49. The van der Waals surface area contributed by atoms with Crippen molar-refractivity contribution in [2.24, 2.45) is 5.41 Å². The molecule has 0 atom stereocenters. The first-order valence-corrected chi connectivity index (χ1v) is 13.4. The van der Waals surface area contributed by atoms with Crippen molar-refractivity contribution in [3.05, 3.63) is 29.8 Å². The van der Waals surface area contributed by atoms with Crippen molar-refractivity contribution in [1.82, 2.24) is 4.90 Å². The summed E-state index contributed by atoms with van der Waals surface area (Å²) in [6.45, 7) is 12.0. The smallest absolute Gasteiger partial charge is 0.0642 e. The first kappa shape index (κ1) is 22.3. The summed E-state index contributed by atoms with van der Waals surface area (Å²) in [7, 11) is 0. The Balaban J connectivity index is 1.40. The van der Waals surface area contributed by atoms with Crippen LogP contribution in [0.2, 0.25) is 0 Å². The van der Waals surface area contributed by atoms with E-state index >= 15 is 0 Å². The molecule has 176 valence electrons. The number of benzene rings is 1. The van der Waals surface area contributed by atoms with Crippen molar-refractivity contribution < 1.29 is 4.74 Å². The summed E-state index contributed by atoms with van der Waals surface area (Å²) in [6, 6.07) is 7.32. The van der Waals surface area contributed by atoms with Gasteiger partial charge in [0.15, 0.2) is 0 Å². The highest BCUT2D eigenvalue weighted by Gasteiger charge is 2.34. The SMILES string of the molecule is CCCN1CCN(c2ccc(N3CCOCC3)cc2C2=CCC3(CCCCC3)CC2)CC1. The van der Waals surface area contributed by atoms with Gasteiger partial charge in [0.25, 0.3) is 0 Å². The molecule has 0 amide bonds. The van der Waals surface area contributed by atoms with Gasteiger partial charge >= 0.3 is 0 Å². The molecule has 1 aromatic rings. The second kappa shape index (κ2) is 10.2. The molecule has 3 fully saturated rings. The van der Waals surface area contributed by atoms with E-state index in [9.17, 15) is 0 Å². The van der Waals surface area contributed by atoms with Gasteiger partial charge in [-0.2, -0.15) is 0 Å². The first-order valence-electron chi connectivity index (χ1n) is 13.4. The zero-order chi connectivity index (χ0) is 21.8. The molecule has 1 saturated carbocycles. The monoisotopic (exact) mass is 437 g/mol. The Hall–Kier alpha value is -1.52. The number of hydrogen-bond donors (Lipinski definition) is 0. The van der Waals surface area contributed by atoms with Crippen LogP contribution in [-0.4, -0.2) is 63.9 Å². The van der Waals surface area contributed by atoms with Crippen molar-refractivity contribution in [1.29, 1.82) is 0 Å². The summed E-state index contributed by atoms with van der Waals surface area (Å²) in [5, 5.41) is 0. The van der Waals surface area contributed by atoms with E-state index in [0.29, 0.717) is 5.41 Å². The van der Waals surface area contributed by atoms with E-state index in [-0.39, 0.29) is 0 Å². The van der Waals surface area contributed by atoms with Gasteiger partial charge in [0.1, 0.15) is 0 Å². The fourth-order valence-corrected chi connectivity index (χ4v) is 6.55. The minimum Gasteiger partial charge on any atom is -0.378 e. The van der Waals surface area contributed by atoms with Crippen LogP contribution in [0.4, 0.5) is 11.4 Å². The van der Waals surface area contributed by atoms with Crippen LogP contribution in [0.3, 0.4) is 0 Å². The molecule has 0 bridgehead atoms. The summed E-state index contributed by atoms with van der Waals surface area (Å²) in [4.78, 5) is 7.81. The lowest BCUT2D eigenvalue weighted by molar-refractivity contribution is 0.122. The molecular formula is C28H43N3O. The Morgan fingerprint density at radius 1 is 0.875 bits per heavy atom. The fourth-order valence-electron chi connectivity index (χ4n) is 6.55. The van der Waals surface area contributed by atoms with E-state index < -0.39 is 0 Å². The van der Waals surface area contributed by atoms with Crippen LogP contribution in [0.5, 0.6) is 0 Å². The maximum atomic E-state index is 5.61. The predicted octanol–water partition coefficient (Wildman–Crippen LogP) is 5.57. The maximum Gasteiger partial charge on any atom is 0.0642 e. The van der Waals surface area contributed by atoms with E-state index in [1.165, 1.54) is 94.4 Å².